The van der Waals surface area contributed by atoms with Crippen LogP contribution in [0.25, 0.3) is 0 Å². The van der Waals surface area contributed by atoms with Gasteiger partial charge >= 0.3 is 0 Å². The molecular formula is C15H15NO2. The number of aromatic nitrogens is 1. The topological polar surface area (TPSA) is 42.4 Å². The monoisotopic (exact) mass is 241 g/mol. The van der Waals surface area contributed by atoms with Gasteiger partial charge in [-0.3, -0.25) is 4.98 Å². The molecule has 1 aliphatic rings. The molecule has 1 aliphatic heterocycles. The molecule has 3 heteroatoms. The predicted molar refractivity (Wildman–Crippen MR) is 68.7 cm³/mol. The molecule has 92 valence electrons. The molecule has 1 aromatic carbocycles. The van der Waals surface area contributed by atoms with Gasteiger partial charge in [-0.1, -0.05) is 6.07 Å². The van der Waals surface area contributed by atoms with Crippen LogP contribution in [0.4, 0.5) is 0 Å². The second-order valence-electron chi connectivity index (χ2n) is 4.63. The number of nitrogens with zero attached hydrogens (tertiary/aromatic N) is 1. The summed E-state index contributed by atoms with van der Waals surface area (Å²) >= 11 is 0. The Labute approximate surface area is 106 Å². The molecule has 1 N–H and O–H groups in total. The molecule has 2 heterocycles. The normalized spacial score (nSPS) is 15.0. The van der Waals surface area contributed by atoms with E-state index in [1.165, 1.54) is 5.56 Å². The number of fused-ring (bicyclic) bond motifs is 1. The van der Waals surface area contributed by atoms with E-state index in [2.05, 4.69) is 4.98 Å². The van der Waals surface area contributed by atoms with Gasteiger partial charge in [0, 0.05) is 12.6 Å². The molecule has 0 bridgehead atoms. The van der Waals surface area contributed by atoms with Crippen molar-refractivity contribution in [2.24, 2.45) is 0 Å². The Kier molecular flexibility index (Phi) is 2.76. The van der Waals surface area contributed by atoms with Crippen molar-refractivity contribution in [1.29, 1.82) is 0 Å². The SMILES string of the molecule is Cc1ccnc(C(O)c2ccc3c(c2)CCO3)c1. The van der Waals surface area contributed by atoms with Gasteiger partial charge in [-0.25, -0.2) is 0 Å². The number of aliphatic hydroxyl groups is 1. The highest BCUT2D eigenvalue weighted by atomic mass is 16.5. The van der Waals surface area contributed by atoms with Gasteiger partial charge in [-0.15, -0.1) is 0 Å². The third-order valence-corrected chi connectivity index (χ3v) is 3.25. The summed E-state index contributed by atoms with van der Waals surface area (Å²) < 4.78 is 5.46. The molecule has 0 saturated heterocycles. The maximum absolute atomic E-state index is 10.3. The number of hydrogen-bond acceptors (Lipinski definition) is 3. The van der Waals surface area contributed by atoms with E-state index in [4.69, 9.17) is 4.74 Å². The van der Waals surface area contributed by atoms with Crippen LogP contribution in [0.15, 0.2) is 36.5 Å². The van der Waals surface area contributed by atoms with Gasteiger partial charge in [0.15, 0.2) is 0 Å². The van der Waals surface area contributed by atoms with E-state index < -0.39 is 6.10 Å². The molecule has 1 aromatic heterocycles. The van der Waals surface area contributed by atoms with E-state index in [0.717, 1.165) is 29.9 Å². The van der Waals surface area contributed by atoms with Gasteiger partial charge in [0.2, 0.25) is 0 Å². The maximum Gasteiger partial charge on any atom is 0.122 e. The van der Waals surface area contributed by atoms with Crippen molar-refractivity contribution < 1.29 is 9.84 Å². The third-order valence-electron chi connectivity index (χ3n) is 3.25. The summed E-state index contributed by atoms with van der Waals surface area (Å²) in [7, 11) is 0. The molecule has 0 saturated carbocycles. The van der Waals surface area contributed by atoms with E-state index in [1.54, 1.807) is 6.20 Å². The highest BCUT2D eigenvalue weighted by Gasteiger charge is 2.17. The van der Waals surface area contributed by atoms with Crippen molar-refractivity contribution in [1.82, 2.24) is 4.98 Å². The average Bonchev–Trinajstić information content (AvgIpc) is 2.85. The molecular weight excluding hydrogens is 226 g/mol. The zero-order valence-electron chi connectivity index (χ0n) is 10.3. The molecule has 1 unspecified atom stereocenters. The fourth-order valence-electron chi connectivity index (χ4n) is 2.26. The van der Waals surface area contributed by atoms with Crippen molar-refractivity contribution in [2.45, 2.75) is 19.4 Å². The lowest BCUT2D eigenvalue weighted by Gasteiger charge is -2.12. The lowest BCUT2D eigenvalue weighted by atomic mass is 10.0. The van der Waals surface area contributed by atoms with E-state index in [1.807, 2.05) is 37.3 Å². The summed E-state index contributed by atoms with van der Waals surface area (Å²) in [5.41, 5.74) is 3.83. The van der Waals surface area contributed by atoms with Crippen LogP contribution in [0.2, 0.25) is 0 Å². The van der Waals surface area contributed by atoms with Crippen molar-refractivity contribution in [3.05, 3.63) is 58.9 Å². The summed E-state index contributed by atoms with van der Waals surface area (Å²) in [5.74, 6) is 0.933. The molecule has 3 rings (SSSR count). The Morgan fingerprint density at radius 3 is 3.00 bits per heavy atom. The van der Waals surface area contributed by atoms with Gasteiger partial charge in [0.1, 0.15) is 11.9 Å². The maximum atomic E-state index is 10.3. The quantitative estimate of drug-likeness (QED) is 0.878. The minimum Gasteiger partial charge on any atom is -0.493 e. The summed E-state index contributed by atoms with van der Waals surface area (Å²) in [6.45, 7) is 2.73. The van der Waals surface area contributed by atoms with E-state index in [-0.39, 0.29) is 0 Å². The summed E-state index contributed by atoms with van der Waals surface area (Å²) in [5, 5.41) is 10.3. The third kappa shape index (κ3) is 1.97. The Morgan fingerprint density at radius 1 is 1.28 bits per heavy atom. The first-order valence-corrected chi connectivity index (χ1v) is 6.10. The lowest BCUT2D eigenvalue weighted by molar-refractivity contribution is 0.215. The zero-order valence-corrected chi connectivity index (χ0v) is 10.3. The zero-order chi connectivity index (χ0) is 12.5. The first-order chi connectivity index (χ1) is 8.74. The summed E-state index contributed by atoms with van der Waals surface area (Å²) in [4.78, 5) is 4.23. The first-order valence-electron chi connectivity index (χ1n) is 6.10. The molecule has 18 heavy (non-hydrogen) atoms. The number of aliphatic hydroxyl groups excluding tert-OH is 1. The second kappa shape index (κ2) is 4.42. The number of aryl methyl sites for hydroxylation is 1. The highest BCUT2D eigenvalue weighted by molar-refractivity contribution is 5.42. The van der Waals surface area contributed by atoms with Gasteiger partial charge < -0.3 is 9.84 Å². The molecule has 0 fully saturated rings. The Morgan fingerprint density at radius 2 is 2.17 bits per heavy atom. The number of benzene rings is 1. The van der Waals surface area contributed by atoms with Crippen molar-refractivity contribution >= 4 is 0 Å². The Bertz CT molecular complexity index is 580. The van der Waals surface area contributed by atoms with Crippen LogP contribution in [0.5, 0.6) is 5.75 Å². The summed E-state index contributed by atoms with van der Waals surface area (Å²) in [6.07, 6.45) is 1.97. The van der Waals surface area contributed by atoms with Gasteiger partial charge in [0.25, 0.3) is 0 Å². The molecule has 0 radical (unpaired) electrons. The van der Waals surface area contributed by atoms with E-state index in [0.29, 0.717) is 5.69 Å². The minimum absolute atomic E-state index is 0.671. The summed E-state index contributed by atoms with van der Waals surface area (Å²) in [6, 6.07) is 9.67. The van der Waals surface area contributed by atoms with Crippen LogP contribution in [-0.2, 0) is 6.42 Å². The van der Waals surface area contributed by atoms with Crippen LogP contribution in [0.1, 0.15) is 28.5 Å². The highest BCUT2D eigenvalue weighted by Crippen LogP contribution is 2.30. The van der Waals surface area contributed by atoms with Gasteiger partial charge in [0.05, 0.1) is 12.3 Å². The van der Waals surface area contributed by atoms with Crippen molar-refractivity contribution in [3.8, 4) is 5.75 Å². The standard InChI is InChI=1S/C15H15NO2/c1-10-4-6-16-13(8-10)15(17)12-2-3-14-11(9-12)5-7-18-14/h2-4,6,8-9,15,17H,5,7H2,1H3. The van der Waals surface area contributed by atoms with Crippen molar-refractivity contribution in [2.75, 3.05) is 6.61 Å². The smallest absolute Gasteiger partial charge is 0.122 e. The van der Waals surface area contributed by atoms with Crippen LogP contribution in [0, 0.1) is 6.92 Å². The molecule has 0 spiro atoms. The Hall–Kier alpha value is -1.87. The number of rotatable bonds is 2. The van der Waals surface area contributed by atoms with E-state index in [9.17, 15) is 5.11 Å². The van der Waals surface area contributed by atoms with Crippen LogP contribution in [0.3, 0.4) is 0 Å². The molecule has 1 atom stereocenters. The van der Waals surface area contributed by atoms with Crippen molar-refractivity contribution in [3.63, 3.8) is 0 Å². The van der Waals surface area contributed by atoms with Crippen LogP contribution in [-0.4, -0.2) is 16.7 Å². The van der Waals surface area contributed by atoms with E-state index >= 15 is 0 Å². The second-order valence-corrected chi connectivity index (χ2v) is 4.63. The number of ether oxygens (including phenoxy) is 1. The Balaban J connectivity index is 1.95. The first kappa shape index (κ1) is 11.2. The van der Waals surface area contributed by atoms with Gasteiger partial charge in [-0.2, -0.15) is 0 Å². The minimum atomic E-state index is -0.671. The fraction of sp³-hybridized carbons (Fsp3) is 0.267. The van der Waals surface area contributed by atoms with Crippen LogP contribution >= 0.6 is 0 Å². The molecule has 0 aliphatic carbocycles. The largest absolute Gasteiger partial charge is 0.493 e. The fourth-order valence-corrected chi connectivity index (χ4v) is 2.26. The molecule has 0 amide bonds. The number of hydrogen-bond donors (Lipinski definition) is 1. The predicted octanol–water partition coefficient (Wildman–Crippen LogP) is 2.41. The van der Waals surface area contributed by atoms with Gasteiger partial charge in [-0.05, 0) is 47.9 Å². The molecule has 3 nitrogen and oxygen atoms in total. The average molecular weight is 241 g/mol. The lowest BCUT2D eigenvalue weighted by Crippen LogP contribution is -2.02. The molecule has 2 aromatic rings. The van der Waals surface area contributed by atoms with Crippen LogP contribution < -0.4 is 4.74 Å². The number of pyridine rings is 1.